The van der Waals surface area contributed by atoms with Crippen molar-refractivity contribution < 1.29 is 19.4 Å². The molecule has 1 heterocycles. The molecule has 1 aliphatic rings. The normalized spacial score (nSPS) is 24.2. The summed E-state index contributed by atoms with van der Waals surface area (Å²) in [6, 6.07) is 4.21. The molecule has 0 bridgehead atoms. The lowest BCUT2D eigenvalue weighted by Crippen LogP contribution is -2.47. The first-order valence-electron chi connectivity index (χ1n) is 6.78. The molecular formula is C14H20FN3O3. The third-order valence-electron chi connectivity index (χ3n) is 3.46. The SMILES string of the molecule is CC1CN(Cc2ccc(F)cc2/C(N)=N/O)CC(CO)O1. The molecule has 6 nitrogen and oxygen atoms in total. The number of amidine groups is 1. The van der Waals surface area contributed by atoms with Gasteiger partial charge in [-0.1, -0.05) is 11.2 Å². The number of nitrogens with zero attached hydrogens (tertiary/aromatic N) is 2. The predicted molar refractivity (Wildman–Crippen MR) is 75.6 cm³/mol. The van der Waals surface area contributed by atoms with Crippen LogP contribution in [-0.2, 0) is 11.3 Å². The van der Waals surface area contributed by atoms with E-state index in [1.807, 2.05) is 6.92 Å². The van der Waals surface area contributed by atoms with Gasteiger partial charge in [0.1, 0.15) is 5.82 Å². The highest BCUT2D eigenvalue weighted by Crippen LogP contribution is 2.18. The Labute approximate surface area is 122 Å². The van der Waals surface area contributed by atoms with Gasteiger partial charge in [0.2, 0.25) is 0 Å². The lowest BCUT2D eigenvalue weighted by atomic mass is 10.0. The Hall–Kier alpha value is -1.70. The van der Waals surface area contributed by atoms with Crippen LogP contribution >= 0.6 is 0 Å². The van der Waals surface area contributed by atoms with Crippen molar-refractivity contribution in [3.63, 3.8) is 0 Å². The van der Waals surface area contributed by atoms with Crippen LogP contribution in [-0.4, -0.2) is 53.0 Å². The van der Waals surface area contributed by atoms with Crippen LogP contribution in [0.15, 0.2) is 23.4 Å². The highest BCUT2D eigenvalue weighted by molar-refractivity contribution is 5.98. The first kappa shape index (κ1) is 15.7. The fourth-order valence-electron chi connectivity index (χ4n) is 2.59. The Morgan fingerprint density at radius 1 is 1.52 bits per heavy atom. The van der Waals surface area contributed by atoms with Crippen molar-refractivity contribution in [2.45, 2.75) is 25.7 Å². The van der Waals surface area contributed by atoms with E-state index < -0.39 is 5.82 Å². The minimum absolute atomic E-state index is 0.00338. The number of ether oxygens (including phenoxy) is 1. The van der Waals surface area contributed by atoms with E-state index in [2.05, 4.69) is 10.1 Å². The van der Waals surface area contributed by atoms with Crippen molar-refractivity contribution in [1.82, 2.24) is 4.90 Å². The average Bonchev–Trinajstić information content (AvgIpc) is 2.47. The van der Waals surface area contributed by atoms with Gasteiger partial charge in [0.25, 0.3) is 0 Å². The van der Waals surface area contributed by atoms with Gasteiger partial charge >= 0.3 is 0 Å². The predicted octanol–water partition coefficient (Wildman–Crippen LogP) is 0.502. The molecule has 21 heavy (non-hydrogen) atoms. The molecule has 4 N–H and O–H groups in total. The maximum absolute atomic E-state index is 13.3. The highest BCUT2D eigenvalue weighted by Gasteiger charge is 2.25. The first-order valence-corrected chi connectivity index (χ1v) is 6.78. The van der Waals surface area contributed by atoms with Crippen LogP contribution in [0.1, 0.15) is 18.1 Å². The van der Waals surface area contributed by atoms with E-state index in [0.717, 1.165) is 5.56 Å². The molecule has 0 aromatic heterocycles. The summed E-state index contributed by atoms with van der Waals surface area (Å²) in [5, 5.41) is 21.0. The van der Waals surface area contributed by atoms with E-state index >= 15 is 0 Å². The molecule has 2 rings (SSSR count). The van der Waals surface area contributed by atoms with Gasteiger partial charge < -0.3 is 20.8 Å². The zero-order valence-corrected chi connectivity index (χ0v) is 11.9. The summed E-state index contributed by atoms with van der Waals surface area (Å²) in [5.41, 5.74) is 6.73. The number of oxime groups is 1. The van der Waals surface area contributed by atoms with Gasteiger partial charge in [0, 0.05) is 25.2 Å². The third-order valence-corrected chi connectivity index (χ3v) is 3.46. The molecule has 1 aromatic carbocycles. The topological polar surface area (TPSA) is 91.3 Å². The highest BCUT2D eigenvalue weighted by atomic mass is 19.1. The van der Waals surface area contributed by atoms with E-state index in [0.29, 0.717) is 25.2 Å². The fraction of sp³-hybridized carbons (Fsp3) is 0.500. The van der Waals surface area contributed by atoms with Crippen molar-refractivity contribution in [3.05, 3.63) is 35.1 Å². The second kappa shape index (κ2) is 6.84. The van der Waals surface area contributed by atoms with Crippen molar-refractivity contribution >= 4 is 5.84 Å². The largest absolute Gasteiger partial charge is 0.409 e. The van der Waals surface area contributed by atoms with E-state index in [9.17, 15) is 9.50 Å². The molecule has 0 amide bonds. The summed E-state index contributed by atoms with van der Waals surface area (Å²) >= 11 is 0. The van der Waals surface area contributed by atoms with Gasteiger partial charge in [0.05, 0.1) is 18.8 Å². The summed E-state index contributed by atoms with van der Waals surface area (Å²) < 4.78 is 18.9. The first-order chi connectivity index (χ1) is 10.0. The Morgan fingerprint density at radius 3 is 2.95 bits per heavy atom. The molecule has 2 atom stereocenters. The molecule has 7 heteroatoms. The summed E-state index contributed by atoms with van der Waals surface area (Å²) in [5.74, 6) is -0.562. The molecule has 0 aliphatic carbocycles. The summed E-state index contributed by atoms with van der Waals surface area (Å²) in [6.45, 7) is 3.68. The van der Waals surface area contributed by atoms with Crippen molar-refractivity contribution in [3.8, 4) is 0 Å². The number of hydrogen-bond donors (Lipinski definition) is 3. The Bertz CT molecular complexity index is 524. The second-order valence-corrected chi connectivity index (χ2v) is 5.23. The quantitative estimate of drug-likeness (QED) is 0.326. The van der Waals surface area contributed by atoms with Crippen LogP contribution in [0.4, 0.5) is 4.39 Å². The number of benzene rings is 1. The number of nitrogens with two attached hydrogens (primary N) is 1. The van der Waals surface area contributed by atoms with E-state index in [4.69, 9.17) is 15.7 Å². The van der Waals surface area contributed by atoms with Crippen molar-refractivity contribution in [2.24, 2.45) is 10.9 Å². The average molecular weight is 297 g/mol. The number of aliphatic hydroxyl groups is 1. The molecule has 1 fully saturated rings. The van der Waals surface area contributed by atoms with Crippen LogP contribution in [0.2, 0.25) is 0 Å². The van der Waals surface area contributed by atoms with E-state index in [1.54, 1.807) is 6.07 Å². The minimum Gasteiger partial charge on any atom is -0.409 e. The number of morpholine rings is 1. The molecule has 2 unspecified atom stereocenters. The number of aliphatic hydroxyl groups excluding tert-OH is 1. The van der Waals surface area contributed by atoms with Gasteiger partial charge in [-0.3, -0.25) is 4.90 Å². The van der Waals surface area contributed by atoms with Crippen LogP contribution < -0.4 is 5.73 Å². The van der Waals surface area contributed by atoms with Gasteiger partial charge in [-0.25, -0.2) is 4.39 Å². The van der Waals surface area contributed by atoms with Gasteiger partial charge in [-0.15, -0.1) is 0 Å². The smallest absolute Gasteiger partial charge is 0.170 e. The Balaban J connectivity index is 2.19. The number of hydrogen-bond acceptors (Lipinski definition) is 5. The van der Waals surface area contributed by atoms with Crippen molar-refractivity contribution in [2.75, 3.05) is 19.7 Å². The lowest BCUT2D eigenvalue weighted by molar-refractivity contribution is -0.0972. The zero-order valence-electron chi connectivity index (χ0n) is 11.9. The van der Waals surface area contributed by atoms with Gasteiger partial charge in [-0.2, -0.15) is 0 Å². The van der Waals surface area contributed by atoms with E-state index in [-0.39, 0.29) is 24.7 Å². The van der Waals surface area contributed by atoms with Gasteiger partial charge in [-0.05, 0) is 24.6 Å². The number of halogens is 1. The molecule has 0 radical (unpaired) electrons. The van der Waals surface area contributed by atoms with E-state index in [1.165, 1.54) is 12.1 Å². The Kier molecular flexibility index (Phi) is 5.11. The second-order valence-electron chi connectivity index (χ2n) is 5.23. The third kappa shape index (κ3) is 3.90. The van der Waals surface area contributed by atoms with Crippen LogP contribution in [0.3, 0.4) is 0 Å². The monoisotopic (exact) mass is 297 g/mol. The summed E-state index contributed by atoms with van der Waals surface area (Å²) in [4.78, 5) is 2.09. The molecule has 1 saturated heterocycles. The maximum atomic E-state index is 13.3. The summed E-state index contributed by atoms with van der Waals surface area (Å²) in [6.07, 6.45) is -0.231. The number of rotatable bonds is 4. The molecule has 1 aliphatic heterocycles. The van der Waals surface area contributed by atoms with Crippen LogP contribution in [0, 0.1) is 5.82 Å². The van der Waals surface area contributed by atoms with Crippen LogP contribution in [0.25, 0.3) is 0 Å². The van der Waals surface area contributed by atoms with Crippen molar-refractivity contribution in [1.29, 1.82) is 0 Å². The standard InChI is InChI=1S/C14H20FN3O3/c1-9-5-18(7-12(8-19)21-9)6-10-2-3-11(15)4-13(10)14(16)17-20/h2-4,9,12,19-20H,5-8H2,1H3,(H2,16,17). The summed E-state index contributed by atoms with van der Waals surface area (Å²) in [7, 11) is 0. The Morgan fingerprint density at radius 2 is 2.29 bits per heavy atom. The maximum Gasteiger partial charge on any atom is 0.170 e. The van der Waals surface area contributed by atoms with Gasteiger partial charge in [0.15, 0.2) is 5.84 Å². The lowest BCUT2D eigenvalue weighted by Gasteiger charge is -2.36. The minimum atomic E-state index is -0.441. The molecule has 1 aromatic rings. The molecule has 116 valence electrons. The molecule has 0 saturated carbocycles. The molecule has 0 spiro atoms. The van der Waals surface area contributed by atoms with Crippen LogP contribution in [0.5, 0.6) is 0 Å². The zero-order chi connectivity index (χ0) is 15.4. The molecular weight excluding hydrogens is 277 g/mol. The fourth-order valence-corrected chi connectivity index (χ4v) is 2.59.